The molecule has 0 fully saturated rings. The van der Waals surface area contributed by atoms with Crippen LogP contribution in [-0.4, -0.2) is 29.2 Å². The monoisotopic (exact) mass is 472 g/mol. The minimum Gasteiger partial charge on any atom is -0.282 e. The molecule has 0 aliphatic heterocycles. The van der Waals surface area contributed by atoms with E-state index in [2.05, 4.69) is 5.48 Å². The molecule has 3 rings (SSSR count). The first kappa shape index (κ1) is 25.8. The minimum absolute atomic E-state index is 0.182. The van der Waals surface area contributed by atoms with Crippen LogP contribution in [0.25, 0.3) is 0 Å². The van der Waals surface area contributed by atoms with E-state index in [0.29, 0.717) is 32.4 Å². The number of hydrogen-bond acceptors (Lipinski definition) is 4. The van der Waals surface area contributed by atoms with Crippen LogP contribution in [0.4, 0.5) is 0 Å². The Morgan fingerprint density at radius 2 is 1.11 bits per heavy atom. The number of amides is 3. The molecule has 0 heterocycles. The maximum atomic E-state index is 13.0. The van der Waals surface area contributed by atoms with E-state index in [4.69, 9.17) is 4.84 Å². The fraction of sp³-hybridized carbons (Fsp3) is 0.276. The van der Waals surface area contributed by atoms with Crippen molar-refractivity contribution in [2.24, 2.45) is 0 Å². The second kappa shape index (κ2) is 14.5. The van der Waals surface area contributed by atoms with Crippen LogP contribution in [-0.2, 0) is 38.7 Å². The zero-order valence-corrected chi connectivity index (χ0v) is 19.9. The summed E-state index contributed by atoms with van der Waals surface area (Å²) in [5.41, 5.74) is 5.20. The van der Waals surface area contributed by atoms with E-state index < -0.39 is 0 Å². The van der Waals surface area contributed by atoms with Crippen molar-refractivity contribution in [2.45, 2.75) is 45.1 Å². The zero-order chi connectivity index (χ0) is 24.7. The smallest absolute Gasteiger partial charge is 0.243 e. The molecule has 0 atom stereocenters. The number of rotatable bonds is 13. The molecule has 0 spiro atoms. The van der Waals surface area contributed by atoms with E-state index >= 15 is 0 Å². The third-order valence-corrected chi connectivity index (χ3v) is 5.55. The first-order chi connectivity index (χ1) is 17.1. The molecule has 3 amide bonds. The van der Waals surface area contributed by atoms with Gasteiger partial charge in [0, 0.05) is 13.0 Å². The molecule has 0 saturated heterocycles. The van der Waals surface area contributed by atoms with Gasteiger partial charge in [-0.15, -0.1) is 0 Å². The highest BCUT2D eigenvalue weighted by Crippen LogP contribution is 2.10. The molecular formula is C29H32N2O4. The van der Waals surface area contributed by atoms with Crippen LogP contribution < -0.4 is 5.48 Å². The SMILES string of the molecule is O=C(CCCCCN(C(=O)Cc1ccccc1)C(=O)Cc1ccccc1)NOCc1ccccc1. The number of hydrogen-bond donors (Lipinski definition) is 1. The van der Waals surface area contributed by atoms with Crippen LogP contribution in [0.15, 0.2) is 91.0 Å². The van der Waals surface area contributed by atoms with E-state index in [9.17, 15) is 14.4 Å². The molecular weight excluding hydrogens is 440 g/mol. The van der Waals surface area contributed by atoms with Crippen LogP contribution >= 0.6 is 0 Å². The van der Waals surface area contributed by atoms with Crippen molar-refractivity contribution in [3.05, 3.63) is 108 Å². The van der Waals surface area contributed by atoms with Gasteiger partial charge in [0.2, 0.25) is 17.7 Å². The molecule has 0 radical (unpaired) electrons. The second-order valence-corrected chi connectivity index (χ2v) is 8.37. The number of unbranched alkanes of at least 4 members (excludes halogenated alkanes) is 2. The minimum atomic E-state index is -0.204. The highest BCUT2D eigenvalue weighted by Gasteiger charge is 2.21. The highest BCUT2D eigenvalue weighted by atomic mass is 16.6. The Kier molecular flexibility index (Phi) is 10.7. The van der Waals surface area contributed by atoms with Gasteiger partial charge in [0.25, 0.3) is 0 Å². The van der Waals surface area contributed by atoms with Gasteiger partial charge in [-0.25, -0.2) is 5.48 Å². The fourth-order valence-electron chi connectivity index (χ4n) is 3.68. The van der Waals surface area contributed by atoms with Gasteiger partial charge < -0.3 is 0 Å². The lowest BCUT2D eigenvalue weighted by Crippen LogP contribution is -2.39. The van der Waals surface area contributed by atoms with Gasteiger partial charge in [0.05, 0.1) is 19.4 Å². The average Bonchev–Trinajstić information content (AvgIpc) is 2.88. The Morgan fingerprint density at radius 1 is 0.629 bits per heavy atom. The van der Waals surface area contributed by atoms with Gasteiger partial charge in [-0.05, 0) is 29.5 Å². The number of carbonyl (C=O) groups excluding carboxylic acids is 3. The normalized spacial score (nSPS) is 10.5. The molecule has 0 aliphatic rings. The molecule has 6 nitrogen and oxygen atoms in total. The quantitative estimate of drug-likeness (QED) is 0.291. The lowest BCUT2D eigenvalue weighted by Gasteiger charge is -2.21. The Hall–Kier alpha value is -3.77. The topological polar surface area (TPSA) is 75.7 Å². The molecule has 1 N–H and O–H groups in total. The molecule has 35 heavy (non-hydrogen) atoms. The van der Waals surface area contributed by atoms with Gasteiger partial charge >= 0.3 is 0 Å². The van der Waals surface area contributed by atoms with Crippen LogP contribution in [0, 0.1) is 0 Å². The van der Waals surface area contributed by atoms with E-state index in [1.807, 2.05) is 91.0 Å². The summed E-state index contributed by atoms with van der Waals surface area (Å²) in [5.74, 6) is -0.591. The van der Waals surface area contributed by atoms with Crippen molar-refractivity contribution in [3.63, 3.8) is 0 Å². The molecule has 3 aromatic rings. The van der Waals surface area contributed by atoms with E-state index in [-0.39, 0.29) is 30.6 Å². The largest absolute Gasteiger partial charge is 0.282 e. The number of carbonyl (C=O) groups is 3. The van der Waals surface area contributed by atoms with Crippen molar-refractivity contribution < 1.29 is 19.2 Å². The molecule has 0 bridgehead atoms. The third-order valence-electron chi connectivity index (χ3n) is 5.55. The highest BCUT2D eigenvalue weighted by molar-refractivity contribution is 5.97. The molecule has 0 aromatic heterocycles. The summed E-state index contributed by atoms with van der Waals surface area (Å²) in [6.45, 7) is 0.651. The summed E-state index contributed by atoms with van der Waals surface area (Å²) in [6, 6.07) is 28.5. The first-order valence-corrected chi connectivity index (χ1v) is 12.0. The van der Waals surface area contributed by atoms with Crippen LogP contribution in [0.5, 0.6) is 0 Å². The van der Waals surface area contributed by atoms with Crippen molar-refractivity contribution in [1.82, 2.24) is 10.4 Å². The predicted octanol–water partition coefficient (Wildman–Crippen LogP) is 4.64. The summed E-state index contributed by atoms with van der Waals surface area (Å²) >= 11 is 0. The van der Waals surface area contributed by atoms with Crippen LogP contribution in [0.3, 0.4) is 0 Å². The Morgan fingerprint density at radius 3 is 1.63 bits per heavy atom. The van der Waals surface area contributed by atoms with E-state index in [0.717, 1.165) is 23.1 Å². The Balaban J connectivity index is 1.43. The molecule has 182 valence electrons. The molecule has 0 unspecified atom stereocenters. The third kappa shape index (κ3) is 9.55. The van der Waals surface area contributed by atoms with Crippen LogP contribution in [0.1, 0.15) is 42.4 Å². The standard InChI is InChI=1S/C29H32N2O4/c32-27(30-35-23-26-17-9-3-10-18-26)19-11-4-12-20-31(28(33)21-24-13-5-1-6-14-24)29(34)22-25-15-7-2-8-16-25/h1-3,5-10,13-18H,4,11-12,19-23H2,(H,30,32). The molecule has 0 saturated carbocycles. The summed E-state index contributed by atoms with van der Waals surface area (Å²) < 4.78 is 0. The number of imide groups is 1. The number of nitrogens with one attached hydrogen (secondary N) is 1. The lowest BCUT2D eigenvalue weighted by atomic mass is 10.1. The van der Waals surface area contributed by atoms with Gasteiger partial charge in [0.1, 0.15) is 0 Å². The van der Waals surface area contributed by atoms with E-state index in [1.165, 1.54) is 4.90 Å². The molecule has 0 aliphatic carbocycles. The summed E-state index contributed by atoms with van der Waals surface area (Å²) in [5, 5.41) is 0. The average molecular weight is 473 g/mol. The second-order valence-electron chi connectivity index (χ2n) is 8.37. The molecule has 3 aromatic carbocycles. The number of benzene rings is 3. The lowest BCUT2D eigenvalue weighted by molar-refractivity contribution is -0.144. The number of nitrogens with zero attached hydrogens (tertiary/aromatic N) is 1. The van der Waals surface area contributed by atoms with Crippen molar-refractivity contribution in [3.8, 4) is 0 Å². The zero-order valence-electron chi connectivity index (χ0n) is 19.9. The van der Waals surface area contributed by atoms with Gasteiger partial charge in [-0.1, -0.05) is 97.4 Å². The van der Waals surface area contributed by atoms with E-state index in [1.54, 1.807) is 0 Å². The Labute approximate surface area is 206 Å². The van der Waals surface area contributed by atoms with Gasteiger partial charge in [-0.2, -0.15) is 0 Å². The van der Waals surface area contributed by atoms with Gasteiger partial charge in [0.15, 0.2) is 0 Å². The van der Waals surface area contributed by atoms with Crippen molar-refractivity contribution >= 4 is 17.7 Å². The summed E-state index contributed by atoms with van der Waals surface area (Å²) in [7, 11) is 0. The van der Waals surface area contributed by atoms with Crippen molar-refractivity contribution in [2.75, 3.05) is 6.54 Å². The summed E-state index contributed by atoms with van der Waals surface area (Å²) in [6.07, 6.45) is 2.70. The maximum Gasteiger partial charge on any atom is 0.243 e. The van der Waals surface area contributed by atoms with Crippen LogP contribution in [0.2, 0.25) is 0 Å². The maximum absolute atomic E-state index is 13.0. The first-order valence-electron chi connectivity index (χ1n) is 12.0. The van der Waals surface area contributed by atoms with Crippen molar-refractivity contribution in [1.29, 1.82) is 0 Å². The number of hydroxylamine groups is 1. The molecule has 6 heteroatoms. The Bertz CT molecular complexity index is 1000. The predicted molar refractivity (Wildman–Crippen MR) is 135 cm³/mol. The fourth-order valence-corrected chi connectivity index (χ4v) is 3.68. The summed E-state index contributed by atoms with van der Waals surface area (Å²) in [4.78, 5) is 44.6. The van der Waals surface area contributed by atoms with Gasteiger partial charge in [-0.3, -0.25) is 24.1 Å².